The minimum Gasteiger partial charge on any atom is -0.381 e. The van der Waals surface area contributed by atoms with Gasteiger partial charge >= 0.3 is 0 Å². The molecular weight excluding hydrogens is 382 g/mol. The minimum absolute atomic E-state index is 0.330. The lowest BCUT2D eigenvalue weighted by atomic mass is 10.1. The Morgan fingerprint density at radius 2 is 2.00 bits per heavy atom. The Kier molecular flexibility index (Phi) is 9.64. The molecule has 1 aliphatic carbocycles. The van der Waals surface area contributed by atoms with Crippen LogP contribution in [0.4, 0.5) is 0 Å². The molecule has 1 saturated carbocycles. The van der Waals surface area contributed by atoms with Crippen molar-refractivity contribution in [3.05, 3.63) is 35.4 Å². The molecule has 2 aliphatic rings. The molecule has 0 radical (unpaired) electrons. The van der Waals surface area contributed by atoms with Crippen LogP contribution in [0, 0.1) is 0 Å². The van der Waals surface area contributed by atoms with Crippen molar-refractivity contribution in [2.75, 3.05) is 25.5 Å². The number of thioether (sulfide) groups is 1. The Hall–Kier alpha value is -1.24. The zero-order chi connectivity index (χ0) is 20.3. The van der Waals surface area contributed by atoms with Gasteiger partial charge in [0.05, 0.1) is 19.3 Å². The summed E-state index contributed by atoms with van der Waals surface area (Å²) in [6.45, 7) is 8.23. The van der Waals surface area contributed by atoms with Gasteiger partial charge in [0.1, 0.15) is 0 Å². The summed E-state index contributed by atoms with van der Waals surface area (Å²) in [6.07, 6.45) is 6.12. The zero-order valence-corrected chi connectivity index (χ0v) is 18.8. The van der Waals surface area contributed by atoms with Crippen LogP contribution in [0.2, 0.25) is 0 Å². The third kappa shape index (κ3) is 7.83. The first-order valence-electron chi connectivity index (χ1n) is 11.2. The maximum absolute atomic E-state index is 6.06. The number of rotatable bonds is 9. The largest absolute Gasteiger partial charge is 0.381 e. The molecule has 29 heavy (non-hydrogen) atoms. The fourth-order valence-corrected chi connectivity index (χ4v) is 5.16. The van der Waals surface area contributed by atoms with Gasteiger partial charge in [-0.2, -0.15) is 11.8 Å². The topological polar surface area (TPSA) is 54.9 Å². The monoisotopic (exact) mass is 419 g/mol. The van der Waals surface area contributed by atoms with Crippen LogP contribution in [0.25, 0.3) is 0 Å². The van der Waals surface area contributed by atoms with Crippen molar-refractivity contribution in [3.63, 3.8) is 0 Å². The van der Waals surface area contributed by atoms with Gasteiger partial charge in [0.15, 0.2) is 5.96 Å². The molecular formula is C23H37N3O2S. The van der Waals surface area contributed by atoms with Gasteiger partial charge in [0.25, 0.3) is 0 Å². The number of nitrogens with one attached hydrogen (secondary N) is 2. The lowest BCUT2D eigenvalue weighted by molar-refractivity contribution is -0.0390. The van der Waals surface area contributed by atoms with Gasteiger partial charge in [-0.3, -0.25) is 0 Å². The summed E-state index contributed by atoms with van der Waals surface area (Å²) in [7, 11) is 0. The first-order chi connectivity index (χ1) is 14.3. The van der Waals surface area contributed by atoms with E-state index in [-0.39, 0.29) is 0 Å². The van der Waals surface area contributed by atoms with E-state index in [2.05, 4.69) is 60.5 Å². The van der Waals surface area contributed by atoms with Crippen LogP contribution in [-0.4, -0.2) is 48.9 Å². The van der Waals surface area contributed by atoms with Crippen molar-refractivity contribution >= 4 is 17.7 Å². The molecule has 2 fully saturated rings. The smallest absolute Gasteiger partial charge is 0.191 e. The second kappa shape index (κ2) is 12.5. The van der Waals surface area contributed by atoms with E-state index < -0.39 is 0 Å². The van der Waals surface area contributed by atoms with Gasteiger partial charge < -0.3 is 20.1 Å². The maximum atomic E-state index is 6.06. The highest BCUT2D eigenvalue weighted by Gasteiger charge is 2.25. The Labute approximate surface area is 180 Å². The second-order valence-corrected chi connectivity index (χ2v) is 9.45. The molecule has 2 N–H and O–H groups in total. The summed E-state index contributed by atoms with van der Waals surface area (Å²) in [4.78, 5) is 4.84. The molecule has 5 nitrogen and oxygen atoms in total. The summed E-state index contributed by atoms with van der Waals surface area (Å²) in [5.74, 6) is 2.14. The van der Waals surface area contributed by atoms with E-state index in [0.29, 0.717) is 25.3 Å². The Bertz CT molecular complexity index is 634. The molecule has 1 aromatic carbocycles. The zero-order valence-electron chi connectivity index (χ0n) is 18.0. The SMILES string of the molecule is CCNC(=NCc1cccc(COC2CCOCC2)c1)NC1CCC(SCC)C1. The van der Waals surface area contributed by atoms with Crippen molar-refractivity contribution in [2.45, 2.75) is 76.5 Å². The Morgan fingerprint density at radius 3 is 2.79 bits per heavy atom. The molecule has 1 aliphatic heterocycles. The van der Waals surface area contributed by atoms with Crippen LogP contribution in [0.1, 0.15) is 57.1 Å². The fourth-order valence-electron chi connectivity index (χ4n) is 4.02. The average molecular weight is 420 g/mol. The summed E-state index contributed by atoms with van der Waals surface area (Å²) >= 11 is 2.09. The molecule has 0 bridgehead atoms. The van der Waals surface area contributed by atoms with E-state index in [4.69, 9.17) is 14.5 Å². The molecule has 6 heteroatoms. The number of benzene rings is 1. The molecule has 3 rings (SSSR count). The number of aliphatic imine (C=N–C) groups is 1. The van der Waals surface area contributed by atoms with Crippen LogP contribution >= 0.6 is 11.8 Å². The summed E-state index contributed by atoms with van der Waals surface area (Å²) in [5, 5.41) is 7.85. The molecule has 1 saturated heterocycles. The van der Waals surface area contributed by atoms with Crippen molar-refractivity contribution in [1.29, 1.82) is 0 Å². The van der Waals surface area contributed by atoms with Gasteiger partial charge in [0, 0.05) is 31.1 Å². The predicted octanol–water partition coefficient (Wildman–Crippen LogP) is 4.11. The third-order valence-corrected chi connectivity index (χ3v) is 6.77. The van der Waals surface area contributed by atoms with Crippen LogP contribution in [0.15, 0.2) is 29.3 Å². The molecule has 1 heterocycles. The number of guanidine groups is 1. The lowest BCUT2D eigenvalue weighted by Crippen LogP contribution is -2.42. The minimum atomic E-state index is 0.330. The van der Waals surface area contributed by atoms with Crippen molar-refractivity contribution in [3.8, 4) is 0 Å². The highest BCUT2D eigenvalue weighted by atomic mass is 32.2. The highest BCUT2D eigenvalue weighted by Crippen LogP contribution is 2.29. The van der Waals surface area contributed by atoms with Gasteiger partial charge in [-0.05, 0) is 55.9 Å². The van der Waals surface area contributed by atoms with Gasteiger partial charge in [-0.1, -0.05) is 31.2 Å². The van der Waals surface area contributed by atoms with Crippen LogP contribution in [0.3, 0.4) is 0 Å². The van der Waals surface area contributed by atoms with Gasteiger partial charge in [-0.15, -0.1) is 0 Å². The van der Waals surface area contributed by atoms with Crippen LogP contribution < -0.4 is 10.6 Å². The molecule has 162 valence electrons. The van der Waals surface area contributed by atoms with Gasteiger partial charge in [-0.25, -0.2) is 4.99 Å². The fraction of sp³-hybridized carbons (Fsp3) is 0.696. The molecule has 0 aromatic heterocycles. The van der Waals surface area contributed by atoms with E-state index in [9.17, 15) is 0 Å². The van der Waals surface area contributed by atoms with E-state index in [1.807, 2.05) is 0 Å². The Balaban J connectivity index is 1.50. The van der Waals surface area contributed by atoms with Crippen molar-refractivity contribution in [2.24, 2.45) is 4.99 Å². The third-order valence-electron chi connectivity index (χ3n) is 5.54. The standard InChI is InChI=1S/C23H37N3O2S/c1-3-24-23(26-20-8-9-22(15-20)29-4-2)25-16-18-6-5-7-19(14-18)17-28-21-10-12-27-13-11-21/h5-7,14,20-22H,3-4,8-13,15-17H2,1-2H3,(H2,24,25,26). The predicted molar refractivity (Wildman–Crippen MR) is 123 cm³/mol. The molecule has 0 amide bonds. The van der Waals surface area contributed by atoms with Crippen molar-refractivity contribution in [1.82, 2.24) is 10.6 Å². The highest BCUT2D eigenvalue weighted by molar-refractivity contribution is 7.99. The van der Waals surface area contributed by atoms with Crippen molar-refractivity contribution < 1.29 is 9.47 Å². The molecule has 2 atom stereocenters. The normalized spacial score (nSPS) is 23.3. The average Bonchev–Trinajstić information content (AvgIpc) is 3.19. The number of ether oxygens (including phenoxy) is 2. The first-order valence-corrected chi connectivity index (χ1v) is 12.2. The number of hydrogen-bond donors (Lipinski definition) is 2. The Morgan fingerprint density at radius 1 is 1.17 bits per heavy atom. The van der Waals surface area contributed by atoms with E-state index in [1.165, 1.54) is 36.1 Å². The quantitative estimate of drug-likeness (QED) is 0.466. The summed E-state index contributed by atoms with van der Waals surface area (Å²) < 4.78 is 11.5. The van der Waals surface area contributed by atoms with Crippen LogP contribution in [0.5, 0.6) is 0 Å². The lowest BCUT2D eigenvalue weighted by Gasteiger charge is -2.22. The number of hydrogen-bond acceptors (Lipinski definition) is 4. The summed E-state index contributed by atoms with van der Waals surface area (Å²) in [6, 6.07) is 9.15. The first kappa shape index (κ1) is 22.4. The van der Waals surface area contributed by atoms with E-state index in [1.54, 1.807) is 0 Å². The summed E-state index contributed by atoms with van der Waals surface area (Å²) in [5.41, 5.74) is 2.44. The molecule has 2 unspecified atom stereocenters. The van der Waals surface area contributed by atoms with Crippen LogP contribution in [-0.2, 0) is 22.6 Å². The maximum Gasteiger partial charge on any atom is 0.191 e. The second-order valence-electron chi connectivity index (χ2n) is 7.87. The van der Waals surface area contributed by atoms with E-state index in [0.717, 1.165) is 43.8 Å². The van der Waals surface area contributed by atoms with E-state index >= 15 is 0 Å². The number of nitrogens with zero attached hydrogens (tertiary/aromatic N) is 1. The molecule has 1 aromatic rings. The van der Waals surface area contributed by atoms with Gasteiger partial charge in [0.2, 0.25) is 0 Å². The molecule has 0 spiro atoms.